The minimum absolute atomic E-state index is 0.0694. The van der Waals surface area contributed by atoms with Crippen molar-refractivity contribution in [1.29, 1.82) is 0 Å². The van der Waals surface area contributed by atoms with Crippen molar-refractivity contribution in [3.63, 3.8) is 0 Å². The number of Topliss-reactive ketones (excluding diaryl/α,β-unsaturated/α-hetero) is 2. The Labute approximate surface area is 73.4 Å². The van der Waals surface area contributed by atoms with Crippen molar-refractivity contribution in [3.8, 4) is 5.75 Å². The third kappa shape index (κ3) is 0.891. The molecular weight excluding hydrogens is 172 g/mol. The van der Waals surface area contributed by atoms with Crippen LogP contribution >= 0.6 is 0 Å². The molecule has 0 fully saturated rings. The lowest BCUT2D eigenvalue weighted by Gasteiger charge is -1.97. The highest BCUT2D eigenvalue weighted by Crippen LogP contribution is 2.29. The number of hydrogen-bond acceptors (Lipinski definition) is 4. The zero-order valence-corrected chi connectivity index (χ0v) is 6.52. The Hall–Kier alpha value is -1.68. The quantitative estimate of drug-likeness (QED) is 0.554. The van der Waals surface area contributed by atoms with E-state index in [9.17, 15) is 14.7 Å². The fourth-order valence-corrected chi connectivity index (χ4v) is 1.41. The largest absolute Gasteiger partial charge is 0.507 e. The van der Waals surface area contributed by atoms with Crippen molar-refractivity contribution in [2.24, 2.45) is 0 Å². The predicted octanol–water partition coefficient (Wildman–Crippen LogP) is 0.132. The van der Waals surface area contributed by atoms with Gasteiger partial charge in [-0.1, -0.05) is 12.1 Å². The molecule has 1 aliphatic rings. The normalized spacial score (nSPS) is 20.5. The number of aliphatic hydroxyl groups is 1. The van der Waals surface area contributed by atoms with Gasteiger partial charge in [-0.25, -0.2) is 0 Å². The van der Waals surface area contributed by atoms with Crippen LogP contribution in [0.1, 0.15) is 20.7 Å². The standard InChI is InChI=1S/C9H6O4/c10-5-3-1-2-4-6(5)8(12)9(13)7(4)11/h1-3,9-10,13H. The molecule has 4 heteroatoms. The molecular formula is C9H6O4. The van der Waals surface area contributed by atoms with Gasteiger partial charge in [0.05, 0.1) is 5.56 Å². The number of aromatic hydroxyl groups is 1. The van der Waals surface area contributed by atoms with Crippen LogP contribution < -0.4 is 0 Å². The van der Waals surface area contributed by atoms with Gasteiger partial charge in [0.25, 0.3) is 0 Å². The molecule has 0 saturated heterocycles. The van der Waals surface area contributed by atoms with E-state index in [1.54, 1.807) is 0 Å². The summed E-state index contributed by atoms with van der Waals surface area (Å²) in [5.41, 5.74) is 0.0255. The zero-order valence-electron chi connectivity index (χ0n) is 6.52. The van der Waals surface area contributed by atoms with Crippen LogP contribution in [0.25, 0.3) is 0 Å². The summed E-state index contributed by atoms with van der Waals surface area (Å²) in [4.78, 5) is 22.4. The van der Waals surface area contributed by atoms with Crippen LogP contribution in [0.15, 0.2) is 18.2 Å². The first-order chi connectivity index (χ1) is 6.13. The Bertz CT molecular complexity index is 408. The Morgan fingerprint density at radius 1 is 1.15 bits per heavy atom. The number of carbonyl (C=O) groups excluding carboxylic acids is 2. The number of rotatable bonds is 0. The van der Waals surface area contributed by atoms with Crippen molar-refractivity contribution in [2.45, 2.75) is 6.10 Å². The molecule has 0 radical (unpaired) electrons. The molecule has 0 saturated carbocycles. The first kappa shape index (κ1) is 7.94. The summed E-state index contributed by atoms with van der Waals surface area (Å²) in [6, 6.07) is 4.17. The molecule has 0 bridgehead atoms. The van der Waals surface area contributed by atoms with Gasteiger partial charge >= 0.3 is 0 Å². The third-order valence-electron chi connectivity index (χ3n) is 2.05. The maximum atomic E-state index is 11.2. The van der Waals surface area contributed by atoms with Gasteiger partial charge < -0.3 is 10.2 Å². The number of phenolic OH excluding ortho intramolecular Hbond substituents is 1. The number of hydrogen-bond donors (Lipinski definition) is 2. The predicted molar refractivity (Wildman–Crippen MR) is 42.8 cm³/mol. The number of carbonyl (C=O) groups is 2. The summed E-state index contributed by atoms with van der Waals surface area (Å²) in [6.07, 6.45) is -1.64. The van der Waals surface area contributed by atoms with E-state index in [4.69, 9.17) is 5.11 Å². The number of benzene rings is 1. The second-order valence-corrected chi connectivity index (χ2v) is 2.83. The lowest BCUT2D eigenvalue weighted by molar-refractivity contribution is 0.0662. The molecule has 0 aromatic heterocycles. The number of phenols is 1. The molecule has 0 aliphatic heterocycles. The van der Waals surface area contributed by atoms with Crippen LogP contribution in [-0.4, -0.2) is 27.9 Å². The molecule has 0 amide bonds. The summed E-state index contributed by atoms with van der Waals surface area (Å²) in [5.74, 6) is -1.62. The third-order valence-corrected chi connectivity index (χ3v) is 2.05. The van der Waals surface area contributed by atoms with Crippen molar-refractivity contribution in [3.05, 3.63) is 29.3 Å². The lowest BCUT2D eigenvalue weighted by Crippen LogP contribution is -2.20. The van der Waals surface area contributed by atoms with E-state index in [-0.39, 0.29) is 16.9 Å². The van der Waals surface area contributed by atoms with E-state index < -0.39 is 17.7 Å². The maximum Gasteiger partial charge on any atom is 0.203 e. The van der Waals surface area contributed by atoms with Crippen molar-refractivity contribution in [1.82, 2.24) is 0 Å². The van der Waals surface area contributed by atoms with Crippen LogP contribution in [0, 0.1) is 0 Å². The van der Waals surface area contributed by atoms with Crippen LogP contribution in [0.4, 0.5) is 0 Å². The molecule has 1 aromatic rings. The Balaban J connectivity index is 2.74. The fourth-order valence-electron chi connectivity index (χ4n) is 1.41. The fraction of sp³-hybridized carbons (Fsp3) is 0.111. The Morgan fingerprint density at radius 3 is 2.46 bits per heavy atom. The van der Waals surface area contributed by atoms with E-state index in [1.165, 1.54) is 18.2 Å². The van der Waals surface area contributed by atoms with Crippen molar-refractivity contribution in [2.75, 3.05) is 0 Å². The summed E-state index contributed by atoms with van der Waals surface area (Å²) in [5, 5.41) is 18.4. The van der Waals surface area contributed by atoms with Gasteiger partial charge in [0.1, 0.15) is 5.75 Å². The highest BCUT2D eigenvalue weighted by atomic mass is 16.3. The van der Waals surface area contributed by atoms with E-state index >= 15 is 0 Å². The molecule has 1 atom stereocenters. The van der Waals surface area contributed by atoms with Crippen LogP contribution in [-0.2, 0) is 0 Å². The summed E-state index contributed by atoms with van der Waals surface area (Å²) in [7, 11) is 0. The minimum Gasteiger partial charge on any atom is -0.507 e. The molecule has 0 spiro atoms. The summed E-state index contributed by atoms with van der Waals surface area (Å²) in [6.45, 7) is 0. The SMILES string of the molecule is O=C1c2cccc(O)c2C(=O)C1O. The van der Waals surface area contributed by atoms with Crippen LogP contribution in [0.3, 0.4) is 0 Å². The molecule has 2 rings (SSSR count). The molecule has 0 heterocycles. The van der Waals surface area contributed by atoms with Gasteiger partial charge in [-0.3, -0.25) is 9.59 Å². The maximum absolute atomic E-state index is 11.2. The Kier molecular flexibility index (Phi) is 1.47. The first-order valence-electron chi connectivity index (χ1n) is 3.71. The lowest BCUT2D eigenvalue weighted by atomic mass is 10.1. The monoisotopic (exact) mass is 178 g/mol. The Morgan fingerprint density at radius 2 is 1.85 bits per heavy atom. The summed E-state index contributed by atoms with van der Waals surface area (Å²) >= 11 is 0. The highest BCUT2D eigenvalue weighted by Gasteiger charge is 2.38. The van der Waals surface area contributed by atoms with Gasteiger partial charge in [-0.15, -0.1) is 0 Å². The topological polar surface area (TPSA) is 74.6 Å². The van der Waals surface area contributed by atoms with Gasteiger partial charge in [0.15, 0.2) is 11.9 Å². The van der Waals surface area contributed by atoms with E-state index in [1.807, 2.05) is 0 Å². The first-order valence-corrected chi connectivity index (χ1v) is 3.71. The van der Waals surface area contributed by atoms with Crippen molar-refractivity contribution < 1.29 is 19.8 Å². The average Bonchev–Trinajstić information content (AvgIpc) is 2.33. The second kappa shape index (κ2) is 2.40. The smallest absolute Gasteiger partial charge is 0.203 e. The number of ketones is 2. The van der Waals surface area contributed by atoms with E-state index in [0.717, 1.165) is 0 Å². The molecule has 1 unspecified atom stereocenters. The molecule has 4 nitrogen and oxygen atoms in total. The molecule has 1 aliphatic carbocycles. The highest BCUT2D eigenvalue weighted by molar-refractivity contribution is 6.29. The van der Waals surface area contributed by atoms with Crippen LogP contribution in [0.5, 0.6) is 5.75 Å². The molecule has 66 valence electrons. The minimum atomic E-state index is -1.64. The zero-order chi connectivity index (χ0) is 9.59. The molecule has 1 aromatic carbocycles. The van der Waals surface area contributed by atoms with E-state index in [2.05, 4.69) is 0 Å². The van der Waals surface area contributed by atoms with Gasteiger partial charge in [0.2, 0.25) is 5.78 Å². The molecule has 13 heavy (non-hydrogen) atoms. The van der Waals surface area contributed by atoms with Gasteiger partial charge in [-0.05, 0) is 6.07 Å². The number of fused-ring (bicyclic) bond motifs is 1. The van der Waals surface area contributed by atoms with E-state index in [0.29, 0.717) is 0 Å². The second-order valence-electron chi connectivity index (χ2n) is 2.83. The van der Waals surface area contributed by atoms with Gasteiger partial charge in [-0.2, -0.15) is 0 Å². The molecule has 2 N–H and O–H groups in total. The van der Waals surface area contributed by atoms with Gasteiger partial charge in [0, 0.05) is 5.56 Å². The van der Waals surface area contributed by atoms with Crippen molar-refractivity contribution >= 4 is 11.6 Å². The van der Waals surface area contributed by atoms with Crippen LogP contribution in [0.2, 0.25) is 0 Å². The average molecular weight is 178 g/mol. The summed E-state index contributed by atoms with van der Waals surface area (Å²) < 4.78 is 0. The number of aliphatic hydroxyl groups excluding tert-OH is 1.